The van der Waals surface area contributed by atoms with E-state index in [1.54, 1.807) is 6.07 Å². The third-order valence-corrected chi connectivity index (χ3v) is 3.67. The van der Waals surface area contributed by atoms with Gasteiger partial charge in [0.05, 0.1) is 12.2 Å². The summed E-state index contributed by atoms with van der Waals surface area (Å²) in [7, 11) is 0. The van der Waals surface area contributed by atoms with Gasteiger partial charge in [-0.1, -0.05) is 26.0 Å². The average molecular weight is 291 g/mol. The van der Waals surface area contributed by atoms with Crippen LogP contribution in [0.3, 0.4) is 0 Å². The lowest BCUT2D eigenvalue weighted by Gasteiger charge is -2.35. The fourth-order valence-electron chi connectivity index (χ4n) is 2.46. The van der Waals surface area contributed by atoms with Crippen LogP contribution >= 0.6 is 0 Å². The van der Waals surface area contributed by atoms with Crippen LogP contribution in [-0.4, -0.2) is 55.2 Å². The number of nitrogens with one attached hydrogen (secondary N) is 1. The van der Waals surface area contributed by atoms with Crippen LogP contribution in [0.15, 0.2) is 24.3 Å². The van der Waals surface area contributed by atoms with Gasteiger partial charge in [-0.2, -0.15) is 0 Å². The SMILES string of the molecule is CC(C)CNC(=O)CN1CCN(c2ccccc2O)CC1. The largest absolute Gasteiger partial charge is 0.506 e. The van der Waals surface area contributed by atoms with Crippen LogP contribution < -0.4 is 10.2 Å². The molecule has 0 spiro atoms. The van der Waals surface area contributed by atoms with Crippen molar-refractivity contribution < 1.29 is 9.90 Å². The molecule has 5 nitrogen and oxygen atoms in total. The smallest absolute Gasteiger partial charge is 0.234 e. The first-order valence-electron chi connectivity index (χ1n) is 7.58. The van der Waals surface area contributed by atoms with E-state index in [0.29, 0.717) is 18.2 Å². The van der Waals surface area contributed by atoms with Crippen molar-refractivity contribution in [1.82, 2.24) is 10.2 Å². The first kappa shape index (κ1) is 15.6. The summed E-state index contributed by atoms with van der Waals surface area (Å²) < 4.78 is 0. The van der Waals surface area contributed by atoms with Crippen molar-refractivity contribution in [2.45, 2.75) is 13.8 Å². The van der Waals surface area contributed by atoms with Gasteiger partial charge in [0.25, 0.3) is 0 Å². The van der Waals surface area contributed by atoms with Crippen LogP contribution in [0.4, 0.5) is 5.69 Å². The molecule has 1 fully saturated rings. The van der Waals surface area contributed by atoms with Crippen LogP contribution in [0, 0.1) is 5.92 Å². The molecular weight excluding hydrogens is 266 g/mol. The van der Waals surface area contributed by atoms with E-state index in [9.17, 15) is 9.90 Å². The van der Waals surface area contributed by atoms with E-state index in [2.05, 4.69) is 29.0 Å². The molecule has 1 aromatic carbocycles. The molecule has 1 saturated heterocycles. The Morgan fingerprint density at radius 2 is 1.90 bits per heavy atom. The molecule has 21 heavy (non-hydrogen) atoms. The number of piperazine rings is 1. The molecule has 2 N–H and O–H groups in total. The van der Waals surface area contributed by atoms with Gasteiger partial charge in [-0.3, -0.25) is 9.69 Å². The van der Waals surface area contributed by atoms with Gasteiger partial charge >= 0.3 is 0 Å². The third kappa shape index (κ3) is 4.63. The lowest BCUT2D eigenvalue weighted by Crippen LogP contribution is -2.49. The zero-order valence-electron chi connectivity index (χ0n) is 12.9. The van der Waals surface area contributed by atoms with Gasteiger partial charge in [0.2, 0.25) is 5.91 Å². The van der Waals surface area contributed by atoms with E-state index in [0.717, 1.165) is 38.4 Å². The number of carbonyl (C=O) groups excluding carboxylic acids is 1. The van der Waals surface area contributed by atoms with Crippen LogP contribution in [0.5, 0.6) is 5.75 Å². The van der Waals surface area contributed by atoms with E-state index in [4.69, 9.17) is 0 Å². The molecule has 0 saturated carbocycles. The Morgan fingerprint density at radius 3 is 2.52 bits per heavy atom. The van der Waals surface area contributed by atoms with E-state index >= 15 is 0 Å². The van der Waals surface area contributed by atoms with Gasteiger partial charge in [-0.15, -0.1) is 0 Å². The maximum atomic E-state index is 11.8. The van der Waals surface area contributed by atoms with Gasteiger partial charge < -0.3 is 15.3 Å². The van der Waals surface area contributed by atoms with Crippen molar-refractivity contribution in [3.63, 3.8) is 0 Å². The molecule has 0 atom stereocenters. The Labute approximate surface area is 126 Å². The summed E-state index contributed by atoms with van der Waals surface area (Å²) in [6.45, 7) is 8.70. The number of carbonyl (C=O) groups is 1. The molecular formula is C16H25N3O2. The third-order valence-electron chi connectivity index (χ3n) is 3.67. The van der Waals surface area contributed by atoms with Gasteiger partial charge in [-0.05, 0) is 18.1 Å². The summed E-state index contributed by atoms with van der Waals surface area (Å²) >= 11 is 0. The number of benzene rings is 1. The summed E-state index contributed by atoms with van der Waals surface area (Å²) in [5, 5.41) is 12.8. The minimum Gasteiger partial charge on any atom is -0.506 e. The molecule has 1 amide bonds. The monoisotopic (exact) mass is 291 g/mol. The highest BCUT2D eigenvalue weighted by atomic mass is 16.3. The molecule has 0 bridgehead atoms. The van der Waals surface area contributed by atoms with Crippen molar-refractivity contribution in [1.29, 1.82) is 0 Å². The minimum absolute atomic E-state index is 0.0970. The molecule has 1 heterocycles. The number of hydrogen-bond acceptors (Lipinski definition) is 4. The number of phenols is 1. The molecule has 1 aromatic rings. The second kappa shape index (κ2) is 7.31. The fraction of sp³-hybridized carbons (Fsp3) is 0.562. The van der Waals surface area contributed by atoms with E-state index in [1.165, 1.54) is 0 Å². The molecule has 5 heteroatoms. The predicted octanol–water partition coefficient (Wildman–Crippen LogP) is 1.29. The van der Waals surface area contributed by atoms with Crippen molar-refractivity contribution >= 4 is 11.6 Å². The summed E-state index contributed by atoms with van der Waals surface area (Å²) in [5.41, 5.74) is 0.876. The maximum Gasteiger partial charge on any atom is 0.234 e. The van der Waals surface area contributed by atoms with Crippen molar-refractivity contribution in [3.05, 3.63) is 24.3 Å². The quantitative estimate of drug-likeness (QED) is 0.858. The Bertz CT molecular complexity index is 468. The lowest BCUT2D eigenvalue weighted by atomic mass is 10.2. The summed E-state index contributed by atoms with van der Waals surface area (Å²) in [4.78, 5) is 16.1. The summed E-state index contributed by atoms with van der Waals surface area (Å²) in [6.07, 6.45) is 0. The topological polar surface area (TPSA) is 55.8 Å². The fourth-order valence-corrected chi connectivity index (χ4v) is 2.46. The zero-order valence-corrected chi connectivity index (χ0v) is 12.9. The van der Waals surface area contributed by atoms with Crippen molar-refractivity contribution in [2.75, 3.05) is 44.2 Å². The Hall–Kier alpha value is -1.75. The number of rotatable bonds is 5. The normalized spacial score (nSPS) is 16.2. The number of hydrogen-bond donors (Lipinski definition) is 2. The number of nitrogens with zero attached hydrogens (tertiary/aromatic N) is 2. The van der Waals surface area contributed by atoms with Gasteiger partial charge in [0.1, 0.15) is 5.75 Å². The van der Waals surface area contributed by atoms with Crippen LogP contribution in [0.1, 0.15) is 13.8 Å². The first-order valence-corrected chi connectivity index (χ1v) is 7.58. The highest BCUT2D eigenvalue weighted by molar-refractivity contribution is 5.78. The molecule has 1 aliphatic rings. The summed E-state index contributed by atoms with van der Waals surface area (Å²) in [6, 6.07) is 7.40. The molecule has 1 aliphatic heterocycles. The number of amides is 1. The lowest BCUT2D eigenvalue weighted by molar-refractivity contribution is -0.122. The number of para-hydroxylation sites is 2. The highest BCUT2D eigenvalue weighted by Gasteiger charge is 2.20. The van der Waals surface area contributed by atoms with E-state index < -0.39 is 0 Å². The molecule has 0 aromatic heterocycles. The van der Waals surface area contributed by atoms with Gasteiger partial charge in [0.15, 0.2) is 0 Å². The maximum absolute atomic E-state index is 11.8. The van der Waals surface area contributed by atoms with E-state index in [-0.39, 0.29) is 5.91 Å². The minimum atomic E-state index is 0.0970. The predicted molar refractivity (Wildman–Crippen MR) is 84.6 cm³/mol. The van der Waals surface area contributed by atoms with Gasteiger partial charge in [0, 0.05) is 32.7 Å². The van der Waals surface area contributed by atoms with Crippen molar-refractivity contribution in [2.24, 2.45) is 5.92 Å². The first-order chi connectivity index (χ1) is 10.1. The number of aromatic hydroxyl groups is 1. The molecule has 116 valence electrons. The molecule has 0 aliphatic carbocycles. The standard InChI is InChI=1S/C16H25N3O2/c1-13(2)11-17-16(21)12-18-7-9-19(10-8-18)14-5-3-4-6-15(14)20/h3-6,13,20H,7-12H2,1-2H3,(H,17,21). The Kier molecular flexibility index (Phi) is 5.44. The van der Waals surface area contributed by atoms with Gasteiger partial charge in [-0.25, -0.2) is 0 Å². The molecule has 0 unspecified atom stereocenters. The van der Waals surface area contributed by atoms with Crippen molar-refractivity contribution in [3.8, 4) is 5.75 Å². The zero-order chi connectivity index (χ0) is 15.2. The Morgan fingerprint density at radius 1 is 1.24 bits per heavy atom. The van der Waals surface area contributed by atoms with Crippen LogP contribution in [0.25, 0.3) is 0 Å². The summed E-state index contributed by atoms with van der Waals surface area (Å²) in [5.74, 6) is 0.896. The molecule has 0 radical (unpaired) electrons. The second-order valence-corrected chi connectivity index (χ2v) is 5.95. The number of phenolic OH excluding ortho intramolecular Hbond substituents is 1. The van der Waals surface area contributed by atoms with Crippen LogP contribution in [0.2, 0.25) is 0 Å². The second-order valence-electron chi connectivity index (χ2n) is 5.95. The average Bonchev–Trinajstić information content (AvgIpc) is 2.47. The highest BCUT2D eigenvalue weighted by Crippen LogP contribution is 2.26. The Balaban J connectivity index is 1.78. The van der Waals surface area contributed by atoms with E-state index in [1.807, 2.05) is 18.2 Å². The molecule has 2 rings (SSSR count). The van der Waals surface area contributed by atoms with Crippen LogP contribution in [-0.2, 0) is 4.79 Å². The number of anilines is 1.